The number of benzene rings is 2. The summed E-state index contributed by atoms with van der Waals surface area (Å²) in [5.74, 6) is 1.12. The Morgan fingerprint density at radius 2 is 1.68 bits per heavy atom. The van der Waals surface area contributed by atoms with Gasteiger partial charge in [0.15, 0.2) is 0 Å². The molecule has 1 aliphatic rings. The Hall–Kier alpha value is -2.58. The minimum absolute atomic E-state index is 0.0192. The number of methoxy groups -OCH3 is 1. The van der Waals surface area contributed by atoms with Crippen molar-refractivity contribution >= 4 is 15.9 Å². The number of phenols is 1. The summed E-state index contributed by atoms with van der Waals surface area (Å²) >= 11 is 0. The van der Waals surface area contributed by atoms with E-state index in [0.717, 1.165) is 31.2 Å². The van der Waals surface area contributed by atoms with Gasteiger partial charge in [-0.2, -0.15) is 0 Å². The summed E-state index contributed by atoms with van der Waals surface area (Å²) in [6.45, 7) is 0.939. The second-order valence-electron chi connectivity index (χ2n) is 7.95. The number of amides is 1. The van der Waals surface area contributed by atoms with Crippen molar-refractivity contribution in [3.63, 3.8) is 0 Å². The predicted octanol–water partition coefficient (Wildman–Crippen LogP) is 2.84. The first-order chi connectivity index (χ1) is 14.9. The Balaban J connectivity index is 1.38. The summed E-state index contributed by atoms with van der Waals surface area (Å²) in [6, 6.07) is 13.3. The third-order valence-corrected chi connectivity index (χ3v) is 7.24. The zero-order valence-corrected chi connectivity index (χ0v) is 18.5. The molecule has 1 amide bonds. The van der Waals surface area contributed by atoms with Crippen molar-refractivity contribution in [2.75, 3.05) is 20.2 Å². The van der Waals surface area contributed by atoms with Crippen LogP contribution in [-0.2, 0) is 21.2 Å². The summed E-state index contributed by atoms with van der Waals surface area (Å²) in [4.78, 5) is 12.6. The number of sulfonamides is 1. The first-order valence-electron chi connectivity index (χ1n) is 10.6. The van der Waals surface area contributed by atoms with Crippen LogP contribution >= 0.6 is 0 Å². The Morgan fingerprint density at radius 3 is 2.29 bits per heavy atom. The third-order valence-electron chi connectivity index (χ3n) is 5.80. The van der Waals surface area contributed by atoms with E-state index < -0.39 is 10.0 Å². The Kier molecular flexibility index (Phi) is 7.92. The second kappa shape index (κ2) is 10.6. The lowest BCUT2D eigenvalue weighted by molar-refractivity contribution is -0.126. The minimum Gasteiger partial charge on any atom is -0.508 e. The van der Waals surface area contributed by atoms with Gasteiger partial charge in [-0.15, -0.1) is 0 Å². The molecule has 1 saturated carbocycles. The molecule has 0 radical (unpaired) electrons. The molecule has 7 nitrogen and oxygen atoms in total. The van der Waals surface area contributed by atoms with E-state index in [-0.39, 0.29) is 28.4 Å². The normalized spacial score (nSPS) is 19.0. The van der Waals surface area contributed by atoms with Gasteiger partial charge >= 0.3 is 0 Å². The Labute approximate surface area is 183 Å². The summed E-state index contributed by atoms with van der Waals surface area (Å²) < 4.78 is 32.7. The average Bonchev–Trinajstić information content (AvgIpc) is 2.79. The molecule has 0 atom stereocenters. The molecular weight excluding hydrogens is 416 g/mol. The van der Waals surface area contributed by atoms with Crippen LogP contribution in [-0.4, -0.2) is 39.6 Å². The largest absolute Gasteiger partial charge is 0.508 e. The lowest BCUT2D eigenvalue weighted by atomic mass is 9.81. The van der Waals surface area contributed by atoms with Crippen LogP contribution in [0.5, 0.6) is 11.5 Å². The molecule has 0 bridgehead atoms. The van der Waals surface area contributed by atoms with Crippen LogP contribution in [0.4, 0.5) is 0 Å². The Bertz CT molecular complexity index is 950. The number of hydrogen-bond acceptors (Lipinski definition) is 5. The monoisotopic (exact) mass is 446 g/mol. The summed E-state index contributed by atoms with van der Waals surface area (Å²) in [5.41, 5.74) is 1.06. The number of ether oxygens (including phenoxy) is 1. The van der Waals surface area contributed by atoms with Gasteiger partial charge in [0.2, 0.25) is 15.9 Å². The van der Waals surface area contributed by atoms with E-state index in [1.54, 1.807) is 24.3 Å². The van der Waals surface area contributed by atoms with Gasteiger partial charge in [0.1, 0.15) is 11.5 Å². The molecule has 0 saturated heterocycles. The maximum atomic E-state index is 12.5. The molecule has 0 aromatic heterocycles. The Morgan fingerprint density at radius 1 is 1.03 bits per heavy atom. The zero-order chi connectivity index (χ0) is 22.3. The van der Waals surface area contributed by atoms with E-state index in [4.69, 9.17) is 4.74 Å². The third kappa shape index (κ3) is 6.70. The highest BCUT2D eigenvalue weighted by molar-refractivity contribution is 7.89. The molecule has 2 aromatic carbocycles. The van der Waals surface area contributed by atoms with E-state index in [2.05, 4.69) is 10.0 Å². The van der Waals surface area contributed by atoms with Crippen LogP contribution in [0.25, 0.3) is 0 Å². The fraction of sp³-hybridized carbons (Fsp3) is 0.435. The first-order valence-corrected chi connectivity index (χ1v) is 12.0. The first kappa shape index (κ1) is 23.1. The molecule has 2 aromatic rings. The van der Waals surface area contributed by atoms with Gasteiger partial charge in [-0.25, -0.2) is 13.1 Å². The molecule has 1 fully saturated rings. The molecule has 3 N–H and O–H groups in total. The van der Waals surface area contributed by atoms with Crippen LogP contribution in [0.3, 0.4) is 0 Å². The molecule has 0 heterocycles. The van der Waals surface area contributed by atoms with Crippen molar-refractivity contribution in [3.05, 3.63) is 54.1 Å². The second-order valence-corrected chi connectivity index (χ2v) is 9.72. The standard InChI is InChI=1S/C23H30N2O5S/c1-30-21-10-12-22(13-11-21)31(28,29)25-16-18-2-6-19(7-3-18)23(27)24-15-14-17-4-8-20(26)9-5-17/h4-5,8-13,18-19,25-26H,2-3,6-7,14-16H2,1H3,(H,24,27). The number of carbonyl (C=O) groups excluding carboxylic acids is 1. The van der Waals surface area contributed by atoms with Crippen molar-refractivity contribution in [1.82, 2.24) is 10.0 Å². The van der Waals surface area contributed by atoms with E-state index in [0.29, 0.717) is 25.3 Å². The van der Waals surface area contributed by atoms with Crippen molar-refractivity contribution in [1.29, 1.82) is 0 Å². The van der Waals surface area contributed by atoms with Crippen LogP contribution in [0.15, 0.2) is 53.4 Å². The predicted molar refractivity (Wildman–Crippen MR) is 118 cm³/mol. The van der Waals surface area contributed by atoms with Crippen molar-refractivity contribution < 1.29 is 23.1 Å². The van der Waals surface area contributed by atoms with E-state index in [1.165, 1.54) is 19.2 Å². The molecule has 8 heteroatoms. The number of rotatable bonds is 9. The highest BCUT2D eigenvalue weighted by Gasteiger charge is 2.27. The van der Waals surface area contributed by atoms with E-state index in [9.17, 15) is 18.3 Å². The number of hydrogen-bond donors (Lipinski definition) is 3. The quantitative estimate of drug-likeness (QED) is 0.549. The molecule has 1 aliphatic carbocycles. The van der Waals surface area contributed by atoms with Gasteiger partial charge in [-0.3, -0.25) is 4.79 Å². The summed E-state index contributed by atoms with van der Waals surface area (Å²) in [6.07, 6.45) is 3.89. The van der Waals surface area contributed by atoms with Gasteiger partial charge in [0.05, 0.1) is 12.0 Å². The molecule has 0 spiro atoms. The molecule has 168 valence electrons. The zero-order valence-electron chi connectivity index (χ0n) is 17.7. The van der Waals surface area contributed by atoms with Gasteiger partial charge < -0.3 is 15.2 Å². The lowest BCUT2D eigenvalue weighted by Crippen LogP contribution is -2.36. The fourth-order valence-electron chi connectivity index (χ4n) is 3.83. The lowest BCUT2D eigenvalue weighted by Gasteiger charge is -2.28. The van der Waals surface area contributed by atoms with Crippen molar-refractivity contribution in [2.45, 2.75) is 37.0 Å². The van der Waals surface area contributed by atoms with Gasteiger partial charge in [-0.05, 0) is 80.0 Å². The highest BCUT2D eigenvalue weighted by atomic mass is 32.2. The van der Waals surface area contributed by atoms with Crippen LogP contribution in [0.1, 0.15) is 31.2 Å². The van der Waals surface area contributed by atoms with E-state index >= 15 is 0 Å². The maximum Gasteiger partial charge on any atom is 0.240 e. The maximum absolute atomic E-state index is 12.5. The number of nitrogens with one attached hydrogen (secondary N) is 2. The van der Waals surface area contributed by atoms with Gasteiger partial charge in [-0.1, -0.05) is 12.1 Å². The number of aromatic hydroxyl groups is 1. The minimum atomic E-state index is -3.56. The smallest absolute Gasteiger partial charge is 0.240 e. The SMILES string of the molecule is COc1ccc(S(=O)(=O)NCC2CCC(C(=O)NCCc3ccc(O)cc3)CC2)cc1. The molecule has 31 heavy (non-hydrogen) atoms. The summed E-state index contributed by atoms with van der Waals surface area (Å²) in [5, 5.41) is 12.3. The van der Waals surface area contributed by atoms with E-state index in [1.807, 2.05) is 12.1 Å². The van der Waals surface area contributed by atoms with Gasteiger partial charge in [0, 0.05) is 19.0 Å². The van der Waals surface area contributed by atoms with Crippen LogP contribution < -0.4 is 14.8 Å². The summed E-state index contributed by atoms with van der Waals surface area (Å²) in [7, 11) is -2.02. The average molecular weight is 447 g/mol. The number of carbonyl (C=O) groups is 1. The van der Waals surface area contributed by atoms with Crippen molar-refractivity contribution in [2.24, 2.45) is 11.8 Å². The van der Waals surface area contributed by atoms with Gasteiger partial charge in [0.25, 0.3) is 0 Å². The number of phenolic OH excluding ortho intramolecular Hbond substituents is 1. The highest BCUT2D eigenvalue weighted by Crippen LogP contribution is 2.29. The van der Waals surface area contributed by atoms with Crippen LogP contribution in [0, 0.1) is 11.8 Å². The fourth-order valence-corrected chi connectivity index (χ4v) is 4.95. The molecule has 0 aliphatic heterocycles. The topological polar surface area (TPSA) is 105 Å². The molecule has 0 unspecified atom stereocenters. The molecule has 3 rings (SSSR count). The van der Waals surface area contributed by atoms with Crippen molar-refractivity contribution in [3.8, 4) is 11.5 Å². The molecular formula is C23H30N2O5S. The van der Waals surface area contributed by atoms with Crippen LogP contribution in [0.2, 0.25) is 0 Å².